The summed E-state index contributed by atoms with van der Waals surface area (Å²) in [5.41, 5.74) is 2.07. The van der Waals surface area contributed by atoms with Crippen molar-refractivity contribution in [1.29, 1.82) is 0 Å². The van der Waals surface area contributed by atoms with Gasteiger partial charge in [0.05, 0.1) is 12.7 Å². The standard InChI is InChI=1S/C21H29O5P/c1-21(2,15-3-7-19(8-4-15)25-12-17(23)11-22)16-5-9-20(10-6-16)26-13-18(24)14-27/h3-10,17-18,22-24H,11-14,27H2,1-2H3. The molecule has 0 spiro atoms. The van der Waals surface area contributed by atoms with Crippen LogP contribution in [0.4, 0.5) is 0 Å². The minimum Gasteiger partial charge on any atom is -0.491 e. The normalized spacial score (nSPS) is 13.9. The van der Waals surface area contributed by atoms with Gasteiger partial charge in [-0.25, -0.2) is 0 Å². The first kappa shape index (κ1) is 21.6. The predicted octanol–water partition coefficient (Wildman–Crippen LogP) is 2.36. The van der Waals surface area contributed by atoms with Gasteiger partial charge in [0.1, 0.15) is 30.8 Å². The van der Waals surface area contributed by atoms with Gasteiger partial charge in [0, 0.05) is 5.41 Å². The number of benzene rings is 2. The lowest BCUT2D eigenvalue weighted by Gasteiger charge is -2.26. The Balaban J connectivity index is 2.04. The van der Waals surface area contributed by atoms with Gasteiger partial charge in [-0.3, -0.25) is 0 Å². The molecule has 0 aliphatic heterocycles. The Hall–Kier alpha value is -1.65. The van der Waals surface area contributed by atoms with Crippen molar-refractivity contribution in [2.24, 2.45) is 0 Å². The van der Waals surface area contributed by atoms with Gasteiger partial charge in [0.15, 0.2) is 0 Å². The molecule has 0 amide bonds. The van der Waals surface area contributed by atoms with Gasteiger partial charge in [-0.15, -0.1) is 9.24 Å². The van der Waals surface area contributed by atoms with Crippen LogP contribution in [0.2, 0.25) is 0 Å². The molecule has 3 N–H and O–H groups in total. The molecule has 27 heavy (non-hydrogen) atoms. The van der Waals surface area contributed by atoms with E-state index in [9.17, 15) is 10.2 Å². The molecule has 0 radical (unpaired) electrons. The third kappa shape index (κ3) is 6.18. The number of aliphatic hydroxyl groups is 3. The van der Waals surface area contributed by atoms with E-state index >= 15 is 0 Å². The molecule has 148 valence electrons. The lowest BCUT2D eigenvalue weighted by atomic mass is 9.78. The molecule has 5 nitrogen and oxygen atoms in total. The molecule has 3 atom stereocenters. The summed E-state index contributed by atoms with van der Waals surface area (Å²) in [7, 11) is 2.50. The molecule has 0 saturated heterocycles. The molecular formula is C21H29O5P. The largest absolute Gasteiger partial charge is 0.491 e. The second-order valence-corrected chi connectivity index (χ2v) is 7.49. The van der Waals surface area contributed by atoms with E-state index in [0.717, 1.165) is 16.9 Å². The molecule has 0 aromatic heterocycles. The summed E-state index contributed by atoms with van der Waals surface area (Å²) >= 11 is 0. The highest BCUT2D eigenvalue weighted by Crippen LogP contribution is 2.33. The molecule has 2 aromatic rings. The first-order chi connectivity index (χ1) is 12.9. The average Bonchev–Trinajstić information content (AvgIpc) is 2.70. The van der Waals surface area contributed by atoms with Gasteiger partial charge >= 0.3 is 0 Å². The fourth-order valence-corrected chi connectivity index (χ4v) is 2.74. The number of hydrogen-bond acceptors (Lipinski definition) is 5. The summed E-state index contributed by atoms with van der Waals surface area (Å²) in [5, 5.41) is 27.8. The van der Waals surface area contributed by atoms with Crippen molar-refractivity contribution < 1.29 is 24.8 Å². The summed E-state index contributed by atoms with van der Waals surface area (Å²) in [6.07, 6.45) is -0.770. The molecule has 0 bridgehead atoms. The van der Waals surface area contributed by atoms with E-state index < -0.39 is 12.2 Å². The van der Waals surface area contributed by atoms with E-state index in [0.29, 0.717) is 11.9 Å². The van der Waals surface area contributed by atoms with Crippen LogP contribution in [-0.4, -0.2) is 53.5 Å². The van der Waals surface area contributed by atoms with Gasteiger partial charge in [0.25, 0.3) is 0 Å². The smallest absolute Gasteiger partial charge is 0.119 e. The van der Waals surface area contributed by atoms with Crippen molar-refractivity contribution in [3.63, 3.8) is 0 Å². The molecule has 0 fully saturated rings. The predicted molar refractivity (Wildman–Crippen MR) is 110 cm³/mol. The van der Waals surface area contributed by atoms with Crippen molar-refractivity contribution in [2.45, 2.75) is 31.5 Å². The zero-order chi connectivity index (χ0) is 19.9. The van der Waals surface area contributed by atoms with E-state index in [1.165, 1.54) is 0 Å². The van der Waals surface area contributed by atoms with Gasteiger partial charge in [-0.05, 0) is 41.6 Å². The van der Waals surface area contributed by atoms with Crippen molar-refractivity contribution in [1.82, 2.24) is 0 Å². The Morgan fingerprint density at radius 1 is 0.815 bits per heavy atom. The van der Waals surface area contributed by atoms with Crippen LogP contribution in [0, 0.1) is 0 Å². The first-order valence-electron chi connectivity index (χ1n) is 9.00. The third-order valence-electron chi connectivity index (χ3n) is 4.52. The summed E-state index contributed by atoms with van der Waals surface area (Å²) in [6, 6.07) is 15.6. The quantitative estimate of drug-likeness (QED) is 0.541. The van der Waals surface area contributed by atoms with Crippen LogP contribution in [0.15, 0.2) is 48.5 Å². The lowest BCUT2D eigenvalue weighted by molar-refractivity contribution is 0.0536. The Morgan fingerprint density at radius 2 is 1.22 bits per heavy atom. The van der Waals surface area contributed by atoms with Crippen LogP contribution in [0.1, 0.15) is 25.0 Å². The number of hydrogen-bond donors (Lipinski definition) is 3. The molecule has 6 heteroatoms. The summed E-state index contributed by atoms with van der Waals surface area (Å²) < 4.78 is 11.0. The van der Waals surface area contributed by atoms with Crippen LogP contribution < -0.4 is 9.47 Å². The number of rotatable bonds is 10. The van der Waals surface area contributed by atoms with Crippen molar-refractivity contribution in [2.75, 3.05) is 26.0 Å². The molecule has 0 saturated carbocycles. The van der Waals surface area contributed by atoms with Crippen molar-refractivity contribution in [3.8, 4) is 11.5 Å². The first-order valence-corrected chi connectivity index (χ1v) is 9.82. The van der Waals surface area contributed by atoms with Crippen LogP contribution in [0.25, 0.3) is 0 Å². The minimum atomic E-state index is -0.876. The van der Waals surface area contributed by atoms with E-state index in [2.05, 4.69) is 23.1 Å². The zero-order valence-electron chi connectivity index (χ0n) is 15.8. The fourth-order valence-electron chi connectivity index (χ4n) is 2.61. The Kier molecular flexibility index (Phi) is 8.06. The number of ether oxygens (including phenoxy) is 2. The van der Waals surface area contributed by atoms with Crippen molar-refractivity contribution in [3.05, 3.63) is 59.7 Å². The van der Waals surface area contributed by atoms with Crippen molar-refractivity contribution >= 4 is 9.24 Å². The maximum absolute atomic E-state index is 9.57. The van der Waals surface area contributed by atoms with Crippen LogP contribution in [-0.2, 0) is 5.41 Å². The lowest BCUT2D eigenvalue weighted by Crippen LogP contribution is -2.21. The maximum atomic E-state index is 9.57. The van der Waals surface area contributed by atoms with E-state index in [-0.39, 0.29) is 25.2 Å². The second kappa shape index (κ2) is 10.0. The van der Waals surface area contributed by atoms with Gasteiger partial charge in [-0.1, -0.05) is 38.1 Å². The third-order valence-corrected chi connectivity index (χ3v) is 5.06. The Morgan fingerprint density at radius 3 is 1.59 bits per heavy atom. The molecule has 2 aromatic carbocycles. The molecule has 0 aliphatic carbocycles. The van der Waals surface area contributed by atoms with Gasteiger partial charge in [0.2, 0.25) is 0 Å². The summed E-state index contributed by atoms with van der Waals surface area (Å²) in [4.78, 5) is 0. The average molecular weight is 392 g/mol. The molecule has 0 aliphatic rings. The maximum Gasteiger partial charge on any atom is 0.119 e. The zero-order valence-corrected chi connectivity index (χ0v) is 17.0. The molecule has 3 unspecified atom stereocenters. The SMILES string of the molecule is CC(C)(c1ccc(OCC(O)CO)cc1)c1ccc(OCC(O)CP)cc1. The fraction of sp³-hybridized carbons (Fsp3) is 0.429. The van der Waals surface area contributed by atoms with Crippen LogP contribution in [0.5, 0.6) is 11.5 Å². The monoisotopic (exact) mass is 392 g/mol. The Labute approximate surface area is 163 Å². The minimum absolute atomic E-state index is 0.0616. The summed E-state index contributed by atoms with van der Waals surface area (Å²) in [5.74, 6) is 1.39. The second-order valence-electron chi connectivity index (χ2n) is 7.02. The van der Waals surface area contributed by atoms with Gasteiger partial charge in [-0.2, -0.15) is 0 Å². The van der Waals surface area contributed by atoms with E-state index in [4.69, 9.17) is 14.6 Å². The van der Waals surface area contributed by atoms with E-state index in [1.54, 1.807) is 0 Å². The highest BCUT2D eigenvalue weighted by Gasteiger charge is 2.23. The summed E-state index contributed by atoms with van der Waals surface area (Å²) in [6.45, 7) is 4.31. The topological polar surface area (TPSA) is 79.2 Å². The highest BCUT2D eigenvalue weighted by molar-refractivity contribution is 7.16. The number of aliphatic hydroxyl groups excluding tert-OH is 3. The van der Waals surface area contributed by atoms with E-state index in [1.807, 2.05) is 48.5 Å². The van der Waals surface area contributed by atoms with Gasteiger partial charge < -0.3 is 24.8 Å². The van der Waals surface area contributed by atoms with Crippen LogP contribution in [0.3, 0.4) is 0 Å². The molecule has 2 rings (SSSR count). The highest BCUT2D eigenvalue weighted by atomic mass is 31.0. The Bertz CT molecular complexity index is 625. The molecular weight excluding hydrogens is 363 g/mol. The molecule has 0 heterocycles. The van der Waals surface area contributed by atoms with Crippen LogP contribution >= 0.6 is 9.24 Å².